The van der Waals surface area contributed by atoms with Gasteiger partial charge >= 0.3 is 11.9 Å². The van der Waals surface area contributed by atoms with Crippen molar-refractivity contribution in [1.82, 2.24) is 4.90 Å². The quantitative estimate of drug-likeness (QED) is 0.285. The minimum absolute atomic E-state index is 0.0358. The van der Waals surface area contributed by atoms with Gasteiger partial charge in [-0.05, 0) is 20.8 Å². The lowest BCUT2D eigenvalue weighted by Crippen LogP contribution is -2.43. The molecular weight excluding hydrogens is 366 g/mol. The summed E-state index contributed by atoms with van der Waals surface area (Å²) >= 11 is 0. The zero-order valence-corrected chi connectivity index (χ0v) is 15.9. The van der Waals surface area contributed by atoms with Gasteiger partial charge in [0.1, 0.15) is 12.1 Å². The Labute approximate surface area is 162 Å². The molecule has 0 radical (unpaired) electrons. The van der Waals surface area contributed by atoms with Crippen molar-refractivity contribution in [3.63, 3.8) is 0 Å². The Morgan fingerprint density at radius 3 is 2.00 bits per heavy atom. The fourth-order valence-electron chi connectivity index (χ4n) is 2.86. The second kappa shape index (κ2) is 9.07. The van der Waals surface area contributed by atoms with Gasteiger partial charge in [0.05, 0.1) is 13.2 Å². The van der Waals surface area contributed by atoms with Gasteiger partial charge in [-0.15, -0.1) is 0 Å². The van der Waals surface area contributed by atoms with Crippen molar-refractivity contribution in [1.29, 1.82) is 0 Å². The summed E-state index contributed by atoms with van der Waals surface area (Å²) in [6.45, 7) is 3.99. The van der Waals surface area contributed by atoms with Crippen molar-refractivity contribution >= 4 is 29.3 Å². The predicted molar refractivity (Wildman–Crippen MR) is 97.6 cm³/mol. The summed E-state index contributed by atoms with van der Waals surface area (Å²) in [6, 6.07) is 4.90. The van der Waals surface area contributed by atoms with E-state index in [1.807, 2.05) is 0 Å². The third-order valence-corrected chi connectivity index (χ3v) is 4.07. The maximum absolute atomic E-state index is 12.8. The van der Waals surface area contributed by atoms with E-state index >= 15 is 0 Å². The van der Waals surface area contributed by atoms with Gasteiger partial charge in [0, 0.05) is 17.3 Å². The molecule has 0 N–H and O–H groups in total. The summed E-state index contributed by atoms with van der Waals surface area (Å²) < 4.78 is 9.75. The molecule has 28 heavy (non-hydrogen) atoms. The largest absolute Gasteiger partial charge is 0.465 e. The maximum Gasteiger partial charge on any atom is 0.343 e. The number of carbonyl (C=O) groups is 5. The van der Waals surface area contributed by atoms with Crippen LogP contribution in [0.2, 0.25) is 0 Å². The molecule has 0 heterocycles. The van der Waals surface area contributed by atoms with Crippen molar-refractivity contribution in [2.24, 2.45) is 0 Å². The molecule has 0 aliphatic heterocycles. The van der Waals surface area contributed by atoms with E-state index in [9.17, 15) is 24.0 Å². The number of fused-ring (bicyclic) bond motifs is 1. The molecule has 0 aromatic heterocycles. The summed E-state index contributed by atoms with van der Waals surface area (Å²) in [4.78, 5) is 62.7. The average molecular weight is 387 g/mol. The number of hydrogen-bond acceptors (Lipinski definition) is 8. The second-order valence-electron chi connectivity index (χ2n) is 5.97. The molecule has 0 unspecified atom stereocenters. The number of nitrogens with zero attached hydrogens (tertiary/aromatic N) is 1. The Hall–Kier alpha value is -3.29. The van der Waals surface area contributed by atoms with E-state index in [1.165, 1.54) is 12.1 Å². The summed E-state index contributed by atoms with van der Waals surface area (Å²) in [7, 11) is 0. The van der Waals surface area contributed by atoms with E-state index in [0.717, 1.165) is 18.0 Å². The molecule has 1 aliphatic carbocycles. The topological polar surface area (TPSA) is 107 Å². The van der Waals surface area contributed by atoms with Crippen LogP contribution in [0.25, 0.3) is 0 Å². The summed E-state index contributed by atoms with van der Waals surface area (Å²) in [6.07, 6.45) is 1.03. The second-order valence-corrected chi connectivity index (χ2v) is 5.97. The highest BCUT2D eigenvalue weighted by molar-refractivity contribution is 6.29. The Morgan fingerprint density at radius 2 is 1.54 bits per heavy atom. The average Bonchev–Trinajstić information content (AvgIpc) is 2.90. The normalized spacial score (nSPS) is 13.9. The standard InChI is InChI=1S/C20H21NO7/c1-4-27-16(23)11-21(10-15(12(3)22)20(26)28-5-2)17-18(24)13-8-6-7-9-14(13)19(17)25/h6-10,17H,4-5,11H2,1-3H3/b15-10+. The molecular formula is C20H21NO7. The zero-order valence-electron chi connectivity index (χ0n) is 15.9. The van der Waals surface area contributed by atoms with Gasteiger partial charge in [-0.1, -0.05) is 24.3 Å². The number of ketones is 3. The third kappa shape index (κ3) is 4.33. The number of esters is 2. The van der Waals surface area contributed by atoms with E-state index in [-0.39, 0.29) is 29.9 Å². The van der Waals surface area contributed by atoms with Crippen LogP contribution in [-0.4, -0.2) is 60.0 Å². The van der Waals surface area contributed by atoms with Crippen molar-refractivity contribution in [3.8, 4) is 0 Å². The number of Topliss-reactive ketones (excluding diaryl/α,β-unsaturated/α-hetero) is 3. The van der Waals surface area contributed by atoms with Crippen LogP contribution >= 0.6 is 0 Å². The zero-order chi connectivity index (χ0) is 20.8. The number of hydrogen-bond donors (Lipinski definition) is 0. The summed E-state index contributed by atoms with van der Waals surface area (Å²) in [5.74, 6) is -3.27. The van der Waals surface area contributed by atoms with Crippen molar-refractivity contribution in [3.05, 3.63) is 47.2 Å². The molecule has 0 bridgehead atoms. The van der Waals surface area contributed by atoms with Gasteiger partial charge < -0.3 is 14.4 Å². The van der Waals surface area contributed by atoms with E-state index in [0.29, 0.717) is 0 Å². The lowest BCUT2D eigenvalue weighted by molar-refractivity contribution is -0.144. The molecule has 1 aromatic carbocycles. The van der Waals surface area contributed by atoms with E-state index in [2.05, 4.69) is 0 Å². The molecule has 148 valence electrons. The van der Waals surface area contributed by atoms with E-state index < -0.39 is 41.9 Å². The minimum Gasteiger partial charge on any atom is -0.465 e. The molecule has 1 aromatic rings. The lowest BCUT2D eigenvalue weighted by Gasteiger charge is -2.25. The van der Waals surface area contributed by atoms with Crippen LogP contribution in [0.5, 0.6) is 0 Å². The van der Waals surface area contributed by atoms with Gasteiger partial charge in [0.25, 0.3) is 0 Å². The lowest BCUT2D eigenvalue weighted by atomic mass is 10.1. The maximum atomic E-state index is 12.8. The number of ether oxygens (including phenoxy) is 2. The van der Waals surface area contributed by atoms with Crippen molar-refractivity contribution in [2.75, 3.05) is 19.8 Å². The van der Waals surface area contributed by atoms with Crippen LogP contribution in [0, 0.1) is 0 Å². The molecule has 0 saturated carbocycles. The first-order valence-corrected chi connectivity index (χ1v) is 8.80. The highest BCUT2D eigenvalue weighted by atomic mass is 16.5. The molecule has 0 atom stereocenters. The fourth-order valence-corrected chi connectivity index (χ4v) is 2.86. The van der Waals surface area contributed by atoms with Crippen LogP contribution in [0.1, 0.15) is 41.5 Å². The summed E-state index contributed by atoms with van der Waals surface area (Å²) in [5, 5.41) is 0. The first-order valence-electron chi connectivity index (χ1n) is 8.80. The van der Waals surface area contributed by atoms with Gasteiger partial charge in [0.2, 0.25) is 0 Å². The van der Waals surface area contributed by atoms with Gasteiger partial charge in [-0.2, -0.15) is 0 Å². The Bertz CT molecular complexity index is 821. The van der Waals surface area contributed by atoms with Crippen molar-refractivity contribution < 1.29 is 33.4 Å². The molecule has 0 saturated heterocycles. The van der Waals surface area contributed by atoms with Crippen LogP contribution in [0.15, 0.2) is 36.0 Å². The first-order chi connectivity index (χ1) is 13.3. The third-order valence-electron chi connectivity index (χ3n) is 4.07. The highest BCUT2D eigenvalue weighted by Gasteiger charge is 2.42. The molecule has 0 fully saturated rings. The highest BCUT2D eigenvalue weighted by Crippen LogP contribution is 2.26. The minimum atomic E-state index is -1.37. The monoisotopic (exact) mass is 387 g/mol. The van der Waals surface area contributed by atoms with Gasteiger partial charge in [0.15, 0.2) is 23.4 Å². The molecule has 0 spiro atoms. The predicted octanol–water partition coefficient (Wildman–Crippen LogP) is 1.34. The fraction of sp³-hybridized carbons (Fsp3) is 0.350. The van der Waals surface area contributed by atoms with Gasteiger partial charge in [-0.25, -0.2) is 4.79 Å². The first kappa shape index (κ1) is 21.0. The number of carbonyl (C=O) groups excluding carboxylic acids is 5. The van der Waals surface area contributed by atoms with Crippen LogP contribution in [-0.2, 0) is 23.9 Å². The number of benzene rings is 1. The SMILES string of the molecule is CCOC(=O)CN(/C=C(\C(C)=O)C(=O)OCC)C1C(=O)c2ccccc2C1=O. The van der Waals surface area contributed by atoms with Crippen LogP contribution in [0.3, 0.4) is 0 Å². The Balaban J connectivity index is 2.48. The molecule has 8 nitrogen and oxygen atoms in total. The van der Waals surface area contributed by atoms with Crippen LogP contribution < -0.4 is 0 Å². The van der Waals surface area contributed by atoms with Crippen molar-refractivity contribution in [2.45, 2.75) is 26.8 Å². The smallest absolute Gasteiger partial charge is 0.343 e. The Morgan fingerprint density at radius 1 is 1.00 bits per heavy atom. The molecule has 8 heteroatoms. The number of rotatable bonds is 8. The Kier molecular flexibility index (Phi) is 6.81. The van der Waals surface area contributed by atoms with E-state index in [4.69, 9.17) is 9.47 Å². The van der Waals surface area contributed by atoms with Crippen LogP contribution in [0.4, 0.5) is 0 Å². The molecule has 2 rings (SSSR count). The summed E-state index contributed by atoms with van der Waals surface area (Å²) in [5.41, 5.74) is 0.0724. The van der Waals surface area contributed by atoms with Gasteiger partial charge in [-0.3, -0.25) is 19.2 Å². The van der Waals surface area contributed by atoms with E-state index in [1.54, 1.807) is 26.0 Å². The molecule has 0 amide bonds. The molecule has 1 aliphatic rings.